The Hall–Kier alpha value is -2.90. The molecule has 21 heavy (non-hydrogen) atoms. The van der Waals surface area contributed by atoms with Gasteiger partial charge in [0, 0.05) is 30.9 Å². The summed E-state index contributed by atoms with van der Waals surface area (Å²) >= 11 is 0. The van der Waals surface area contributed by atoms with Gasteiger partial charge >= 0.3 is 5.88 Å². The van der Waals surface area contributed by atoms with Crippen LogP contribution in [0.5, 0.6) is 0 Å². The molecule has 0 saturated heterocycles. The standard InChI is InChI=1S/C13H14N4O4/c1-9-10(8-15-16(9)2)7-14-12(18)5-3-11-4-6-13(21-11)17(19)20/h3-6,8H,7H2,1-2H3,(H,14,18)/b5-3+. The zero-order valence-electron chi connectivity index (χ0n) is 11.6. The summed E-state index contributed by atoms with van der Waals surface area (Å²) in [7, 11) is 1.82. The second-order valence-corrected chi connectivity index (χ2v) is 4.36. The van der Waals surface area contributed by atoms with Crippen molar-refractivity contribution in [3.63, 3.8) is 0 Å². The molecule has 0 saturated carbocycles. The van der Waals surface area contributed by atoms with Crippen molar-refractivity contribution >= 4 is 17.9 Å². The quantitative estimate of drug-likeness (QED) is 0.511. The lowest BCUT2D eigenvalue weighted by molar-refractivity contribution is -0.402. The Morgan fingerprint density at radius 1 is 1.57 bits per heavy atom. The smallest absolute Gasteiger partial charge is 0.401 e. The average molecular weight is 290 g/mol. The Morgan fingerprint density at radius 2 is 2.33 bits per heavy atom. The first-order chi connectivity index (χ1) is 9.97. The van der Waals surface area contributed by atoms with Crippen molar-refractivity contribution in [2.24, 2.45) is 7.05 Å². The van der Waals surface area contributed by atoms with E-state index in [4.69, 9.17) is 4.42 Å². The molecular formula is C13H14N4O4. The lowest BCUT2D eigenvalue weighted by Gasteiger charge is -2.01. The Labute approximate surface area is 120 Å². The molecular weight excluding hydrogens is 276 g/mol. The number of furan rings is 1. The minimum atomic E-state index is -0.636. The topological polar surface area (TPSA) is 103 Å². The maximum absolute atomic E-state index is 11.6. The highest BCUT2D eigenvalue weighted by Gasteiger charge is 2.10. The number of carbonyl (C=O) groups excluding carboxylic acids is 1. The van der Waals surface area contributed by atoms with Crippen LogP contribution in [0.4, 0.5) is 5.88 Å². The molecule has 0 bridgehead atoms. The first-order valence-corrected chi connectivity index (χ1v) is 6.15. The Bertz CT molecular complexity index is 699. The molecule has 110 valence electrons. The van der Waals surface area contributed by atoms with Gasteiger partial charge in [-0.15, -0.1) is 0 Å². The van der Waals surface area contributed by atoms with Gasteiger partial charge in [0.25, 0.3) is 0 Å². The third kappa shape index (κ3) is 3.56. The normalized spacial score (nSPS) is 11.0. The van der Waals surface area contributed by atoms with Gasteiger partial charge in [-0.3, -0.25) is 19.6 Å². The van der Waals surface area contributed by atoms with Crippen molar-refractivity contribution in [3.05, 3.63) is 51.5 Å². The number of rotatable bonds is 5. The van der Waals surface area contributed by atoms with Gasteiger partial charge in [0.1, 0.15) is 10.7 Å². The van der Waals surface area contributed by atoms with E-state index in [1.54, 1.807) is 10.9 Å². The molecule has 8 nitrogen and oxygen atoms in total. The predicted octanol–water partition coefficient (Wildman–Crippen LogP) is 1.56. The van der Waals surface area contributed by atoms with Crippen LogP contribution in [0.15, 0.2) is 28.8 Å². The van der Waals surface area contributed by atoms with E-state index in [0.29, 0.717) is 6.54 Å². The van der Waals surface area contributed by atoms with Crippen LogP contribution < -0.4 is 5.32 Å². The van der Waals surface area contributed by atoms with Crippen molar-refractivity contribution in [1.82, 2.24) is 15.1 Å². The SMILES string of the molecule is Cc1c(CNC(=O)/C=C/c2ccc([N+](=O)[O-])o2)cnn1C. The summed E-state index contributed by atoms with van der Waals surface area (Å²) in [6.45, 7) is 2.27. The molecule has 1 N–H and O–H groups in total. The highest BCUT2D eigenvalue weighted by atomic mass is 16.6. The van der Waals surface area contributed by atoms with Crippen LogP contribution in [0.25, 0.3) is 6.08 Å². The molecule has 0 unspecified atom stereocenters. The summed E-state index contributed by atoms with van der Waals surface area (Å²) in [6, 6.07) is 2.66. The van der Waals surface area contributed by atoms with Gasteiger partial charge in [-0.2, -0.15) is 5.10 Å². The molecule has 0 aromatic carbocycles. The molecule has 1 amide bonds. The van der Waals surface area contributed by atoms with E-state index in [1.165, 1.54) is 24.3 Å². The monoisotopic (exact) mass is 290 g/mol. The average Bonchev–Trinajstić information content (AvgIpc) is 3.04. The van der Waals surface area contributed by atoms with Crippen molar-refractivity contribution in [2.75, 3.05) is 0 Å². The van der Waals surface area contributed by atoms with E-state index in [0.717, 1.165) is 11.3 Å². The molecule has 2 heterocycles. The maximum Gasteiger partial charge on any atom is 0.433 e. The summed E-state index contributed by atoms with van der Waals surface area (Å²) in [5.74, 6) is -0.437. The highest BCUT2D eigenvalue weighted by molar-refractivity contribution is 5.91. The maximum atomic E-state index is 11.6. The van der Waals surface area contributed by atoms with Crippen molar-refractivity contribution in [3.8, 4) is 0 Å². The van der Waals surface area contributed by atoms with E-state index in [2.05, 4.69) is 10.4 Å². The third-order valence-corrected chi connectivity index (χ3v) is 2.98. The summed E-state index contributed by atoms with van der Waals surface area (Å²) < 4.78 is 6.62. The molecule has 8 heteroatoms. The number of amides is 1. The molecule has 0 aliphatic heterocycles. The fourth-order valence-electron chi connectivity index (χ4n) is 1.65. The Morgan fingerprint density at radius 3 is 2.90 bits per heavy atom. The molecule has 2 aromatic rings. The fourth-order valence-corrected chi connectivity index (χ4v) is 1.65. The Balaban J connectivity index is 1.90. The largest absolute Gasteiger partial charge is 0.433 e. The van der Waals surface area contributed by atoms with Crippen molar-refractivity contribution in [2.45, 2.75) is 13.5 Å². The molecule has 0 radical (unpaired) electrons. The van der Waals surface area contributed by atoms with Crippen LogP contribution in [-0.4, -0.2) is 20.6 Å². The molecule has 0 aliphatic rings. The van der Waals surface area contributed by atoms with Crippen molar-refractivity contribution < 1.29 is 14.1 Å². The summed E-state index contributed by atoms with van der Waals surface area (Å²) in [4.78, 5) is 21.5. The zero-order valence-corrected chi connectivity index (χ0v) is 11.6. The number of carbonyl (C=O) groups is 1. The molecule has 0 atom stereocenters. The first kappa shape index (κ1) is 14.5. The minimum Gasteiger partial charge on any atom is -0.401 e. The van der Waals surface area contributed by atoms with Crippen LogP contribution in [-0.2, 0) is 18.4 Å². The first-order valence-electron chi connectivity index (χ1n) is 6.15. The number of nitrogens with one attached hydrogen (secondary N) is 1. The van der Waals surface area contributed by atoms with Crippen LogP contribution in [0.3, 0.4) is 0 Å². The number of hydrogen-bond acceptors (Lipinski definition) is 5. The highest BCUT2D eigenvalue weighted by Crippen LogP contribution is 2.16. The zero-order chi connectivity index (χ0) is 15.4. The molecule has 0 spiro atoms. The van der Waals surface area contributed by atoms with E-state index >= 15 is 0 Å². The van der Waals surface area contributed by atoms with Crippen LogP contribution in [0, 0.1) is 17.0 Å². The van der Waals surface area contributed by atoms with Crippen molar-refractivity contribution in [1.29, 1.82) is 0 Å². The van der Waals surface area contributed by atoms with Crippen LogP contribution >= 0.6 is 0 Å². The lowest BCUT2D eigenvalue weighted by Crippen LogP contribution is -2.20. The van der Waals surface area contributed by atoms with Gasteiger partial charge in [-0.05, 0) is 19.1 Å². The minimum absolute atomic E-state index is 0.245. The predicted molar refractivity (Wildman–Crippen MR) is 74.2 cm³/mol. The number of aryl methyl sites for hydroxylation is 1. The molecule has 0 aliphatic carbocycles. The van der Waals surface area contributed by atoms with Gasteiger partial charge in [0.15, 0.2) is 0 Å². The summed E-state index contributed by atoms with van der Waals surface area (Å²) in [5.41, 5.74) is 1.90. The van der Waals surface area contributed by atoms with E-state index in [9.17, 15) is 14.9 Å². The fraction of sp³-hybridized carbons (Fsp3) is 0.231. The lowest BCUT2D eigenvalue weighted by atomic mass is 10.2. The van der Waals surface area contributed by atoms with Gasteiger partial charge < -0.3 is 9.73 Å². The Kier molecular flexibility index (Phi) is 4.17. The van der Waals surface area contributed by atoms with Gasteiger partial charge in [0.2, 0.25) is 5.91 Å². The number of nitro groups is 1. The summed E-state index contributed by atoms with van der Waals surface area (Å²) in [6.07, 6.45) is 4.32. The van der Waals surface area contributed by atoms with Crippen LogP contribution in [0.1, 0.15) is 17.0 Å². The second kappa shape index (κ2) is 6.04. The molecule has 0 fully saturated rings. The number of hydrogen-bond donors (Lipinski definition) is 1. The van der Waals surface area contributed by atoms with Gasteiger partial charge in [0.05, 0.1) is 12.3 Å². The van der Waals surface area contributed by atoms with E-state index in [-0.39, 0.29) is 17.6 Å². The van der Waals surface area contributed by atoms with Gasteiger partial charge in [-0.1, -0.05) is 0 Å². The van der Waals surface area contributed by atoms with E-state index in [1.807, 2.05) is 14.0 Å². The van der Waals surface area contributed by atoms with Crippen LogP contribution in [0.2, 0.25) is 0 Å². The number of aromatic nitrogens is 2. The summed E-state index contributed by atoms with van der Waals surface area (Å²) in [5, 5.41) is 17.2. The third-order valence-electron chi connectivity index (χ3n) is 2.98. The molecule has 2 rings (SSSR count). The second-order valence-electron chi connectivity index (χ2n) is 4.36. The van der Waals surface area contributed by atoms with E-state index < -0.39 is 4.92 Å². The molecule has 2 aromatic heterocycles. The number of nitrogens with zero attached hydrogens (tertiary/aromatic N) is 3. The van der Waals surface area contributed by atoms with Gasteiger partial charge in [-0.25, -0.2) is 0 Å².